The van der Waals surface area contributed by atoms with Gasteiger partial charge in [-0.2, -0.15) is 0 Å². The molecule has 6 heteroatoms. The second-order valence-corrected chi connectivity index (χ2v) is 5.77. The second-order valence-electron chi connectivity index (χ2n) is 4.09. The van der Waals surface area contributed by atoms with Crippen LogP contribution in [0.15, 0.2) is 41.4 Å². The van der Waals surface area contributed by atoms with Gasteiger partial charge in [0, 0.05) is 24.2 Å². The summed E-state index contributed by atoms with van der Waals surface area (Å²) < 4.78 is 26.9. The Hall–Kier alpha value is -1.50. The minimum atomic E-state index is -3.59. The smallest absolute Gasteiger partial charge is 0.243 e. The molecule has 0 amide bonds. The van der Waals surface area contributed by atoms with Crippen molar-refractivity contribution in [3.63, 3.8) is 0 Å². The van der Waals surface area contributed by atoms with Gasteiger partial charge in [0.05, 0.1) is 5.52 Å². The van der Waals surface area contributed by atoms with Gasteiger partial charge in [0.2, 0.25) is 10.0 Å². The van der Waals surface area contributed by atoms with Gasteiger partial charge >= 0.3 is 0 Å². The van der Waals surface area contributed by atoms with Crippen molar-refractivity contribution in [1.82, 2.24) is 9.71 Å². The monoisotopic (exact) mass is 265 g/mol. The van der Waals surface area contributed by atoms with Gasteiger partial charge in [-0.3, -0.25) is 4.98 Å². The third-order valence-corrected chi connectivity index (χ3v) is 4.22. The van der Waals surface area contributed by atoms with E-state index in [9.17, 15) is 8.42 Å². The summed E-state index contributed by atoms with van der Waals surface area (Å²) in [4.78, 5) is 4.31. The molecule has 18 heavy (non-hydrogen) atoms. The SMILES string of the molecule is C[C@@H](CN)NS(=O)(=O)c1cccc2cccnc12. The van der Waals surface area contributed by atoms with E-state index in [0.717, 1.165) is 5.39 Å². The van der Waals surface area contributed by atoms with Crippen LogP contribution in [-0.4, -0.2) is 26.0 Å². The van der Waals surface area contributed by atoms with Gasteiger partial charge in [-0.1, -0.05) is 18.2 Å². The van der Waals surface area contributed by atoms with E-state index in [-0.39, 0.29) is 17.5 Å². The zero-order valence-electron chi connectivity index (χ0n) is 10.00. The third kappa shape index (κ3) is 2.50. The fourth-order valence-corrected chi connectivity index (χ4v) is 3.11. The molecule has 1 heterocycles. The molecule has 0 spiro atoms. The van der Waals surface area contributed by atoms with E-state index in [0.29, 0.717) is 5.52 Å². The molecule has 0 saturated carbocycles. The molecular weight excluding hydrogens is 250 g/mol. The molecule has 5 nitrogen and oxygen atoms in total. The van der Waals surface area contributed by atoms with Crippen molar-refractivity contribution >= 4 is 20.9 Å². The highest BCUT2D eigenvalue weighted by molar-refractivity contribution is 7.89. The van der Waals surface area contributed by atoms with Crippen LogP contribution in [0.25, 0.3) is 10.9 Å². The molecule has 0 saturated heterocycles. The molecule has 0 unspecified atom stereocenters. The fraction of sp³-hybridized carbons (Fsp3) is 0.250. The lowest BCUT2D eigenvalue weighted by Crippen LogP contribution is -2.37. The lowest BCUT2D eigenvalue weighted by atomic mass is 10.2. The maximum atomic E-state index is 12.2. The van der Waals surface area contributed by atoms with Crippen LogP contribution in [0.1, 0.15) is 6.92 Å². The summed E-state index contributed by atoms with van der Waals surface area (Å²) in [5.74, 6) is 0. The number of benzene rings is 1. The molecule has 3 N–H and O–H groups in total. The largest absolute Gasteiger partial charge is 0.329 e. The Bertz CT molecular complexity index is 650. The van der Waals surface area contributed by atoms with Crippen molar-refractivity contribution in [3.05, 3.63) is 36.5 Å². The van der Waals surface area contributed by atoms with Gasteiger partial charge in [0.15, 0.2) is 0 Å². The number of rotatable bonds is 4. The molecule has 0 fully saturated rings. The zero-order chi connectivity index (χ0) is 13.2. The summed E-state index contributed by atoms with van der Waals surface area (Å²) in [5, 5.41) is 0.792. The maximum absolute atomic E-state index is 12.2. The number of hydrogen-bond acceptors (Lipinski definition) is 4. The normalized spacial score (nSPS) is 13.7. The minimum absolute atomic E-state index is 0.181. The van der Waals surface area contributed by atoms with E-state index in [1.807, 2.05) is 12.1 Å². The number of aromatic nitrogens is 1. The molecule has 2 aromatic rings. The molecule has 0 bridgehead atoms. The summed E-state index contributed by atoms with van der Waals surface area (Å²) in [6.45, 7) is 1.97. The number of para-hydroxylation sites is 1. The Kier molecular flexibility index (Phi) is 3.60. The topological polar surface area (TPSA) is 85.1 Å². The lowest BCUT2D eigenvalue weighted by molar-refractivity contribution is 0.563. The third-order valence-electron chi connectivity index (χ3n) is 2.60. The average Bonchev–Trinajstić information content (AvgIpc) is 2.37. The van der Waals surface area contributed by atoms with Crippen LogP contribution in [-0.2, 0) is 10.0 Å². The van der Waals surface area contributed by atoms with Crippen molar-refractivity contribution in [3.8, 4) is 0 Å². The average molecular weight is 265 g/mol. The first-order valence-electron chi connectivity index (χ1n) is 5.61. The van der Waals surface area contributed by atoms with Crippen molar-refractivity contribution in [2.75, 3.05) is 6.54 Å². The lowest BCUT2D eigenvalue weighted by Gasteiger charge is -2.13. The van der Waals surface area contributed by atoms with Crippen molar-refractivity contribution in [2.45, 2.75) is 17.9 Å². The van der Waals surface area contributed by atoms with Gasteiger partial charge in [0.25, 0.3) is 0 Å². The van der Waals surface area contributed by atoms with E-state index in [1.54, 1.807) is 31.3 Å². The quantitative estimate of drug-likeness (QED) is 0.858. The first-order chi connectivity index (χ1) is 8.54. The molecule has 1 aromatic carbocycles. The Morgan fingerprint density at radius 2 is 2.06 bits per heavy atom. The fourth-order valence-electron chi connectivity index (χ4n) is 1.67. The van der Waals surface area contributed by atoms with Crippen molar-refractivity contribution < 1.29 is 8.42 Å². The number of sulfonamides is 1. The predicted molar refractivity (Wildman–Crippen MR) is 70.6 cm³/mol. The van der Waals surface area contributed by atoms with Gasteiger partial charge in [-0.05, 0) is 19.1 Å². The highest BCUT2D eigenvalue weighted by Crippen LogP contribution is 2.20. The summed E-state index contributed by atoms with van der Waals surface area (Å²) in [7, 11) is -3.59. The van der Waals surface area contributed by atoms with Crippen molar-refractivity contribution in [1.29, 1.82) is 0 Å². The second kappa shape index (κ2) is 5.01. The van der Waals surface area contributed by atoms with E-state index in [2.05, 4.69) is 9.71 Å². The van der Waals surface area contributed by atoms with Crippen LogP contribution in [0.4, 0.5) is 0 Å². The maximum Gasteiger partial charge on any atom is 0.243 e. The van der Waals surface area contributed by atoms with Crippen molar-refractivity contribution in [2.24, 2.45) is 5.73 Å². The predicted octanol–water partition coefficient (Wildman–Crippen LogP) is 0.860. The highest BCUT2D eigenvalue weighted by atomic mass is 32.2. The molecule has 1 aromatic heterocycles. The Balaban J connectivity index is 2.54. The van der Waals surface area contributed by atoms with Crippen LogP contribution < -0.4 is 10.5 Å². The molecule has 0 radical (unpaired) electrons. The standard InChI is InChI=1S/C12H15N3O2S/c1-9(8-13)15-18(16,17)11-6-2-4-10-5-3-7-14-12(10)11/h2-7,9,15H,8,13H2,1H3/t9-/m0/s1. The first kappa shape index (κ1) is 12.9. The number of fused-ring (bicyclic) bond motifs is 1. The summed E-state index contributed by atoms with van der Waals surface area (Å²) in [5.41, 5.74) is 5.90. The Morgan fingerprint density at radius 1 is 1.33 bits per heavy atom. The van der Waals surface area contributed by atoms with E-state index in [4.69, 9.17) is 5.73 Å². The Morgan fingerprint density at radius 3 is 2.78 bits per heavy atom. The Labute approximate surface area is 106 Å². The van der Waals surface area contributed by atoms with Crippen LogP contribution in [0.5, 0.6) is 0 Å². The minimum Gasteiger partial charge on any atom is -0.329 e. The molecule has 0 aliphatic carbocycles. The number of hydrogen-bond donors (Lipinski definition) is 2. The summed E-state index contributed by atoms with van der Waals surface area (Å²) in [6.07, 6.45) is 1.58. The molecule has 96 valence electrons. The van der Waals surface area contributed by atoms with E-state index in [1.165, 1.54) is 0 Å². The zero-order valence-corrected chi connectivity index (χ0v) is 10.8. The number of nitrogens with two attached hydrogens (primary N) is 1. The van der Waals surface area contributed by atoms with Gasteiger partial charge in [-0.15, -0.1) is 0 Å². The molecule has 0 aliphatic rings. The molecular formula is C12H15N3O2S. The number of nitrogens with one attached hydrogen (secondary N) is 1. The van der Waals surface area contributed by atoms with E-state index >= 15 is 0 Å². The molecule has 1 atom stereocenters. The van der Waals surface area contributed by atoms with Crippen LogP contribution in [0.2, 0.25) is 0 Å². The molecule has 0 aliphatic heterocycles. The van der Waals surface area contributed by atoms with Gasteiger partial charge < -0.3 is 5.73 Å². The first-order valence-corrected chi connectivity index (χ1v) is 7.09. The van der Waals surface area contributed by atoms with Crippen LogP contribution in [0, 0.1) is 0 Å². The molecule has 2 rings (SSSR count). The van der Waals surface area contributed by atoms with E-state index < -0.39 is 10.0 Å². The number of pyridine rings is 1. The summed E-state index contributed by atoms with van der Waals surface area (Å²) >= 11 is 0. The highest BCUT2D eigenvalue weighted by Gasteiger charge is 2.19. The van der Waals surface area contributed by atoms with Crippen LogP contribution >= 0.6 is 0 Å². The summed E-state index contributed by atoms with van der Waals surface area (Å²) in [6, 6.07) is 8.36. The number of nitrogens with zero attached hydrogens (tertiary/aromatic N) is 1. The van der Waals surface area contributed by atoms with Gasteiger partial charge in [-0.25, -0.2) is 13.1 Å². The van der Waals surface area contributed by atoms with Gasteiger partial charge in [0.1, 0.15) is 4.90 Å². The van der Waals surface area contributed by atoms with Crippen LogP contribution in [0.3, 0.4) is 0 Å².